The summed E-state index contributed by atoms with van der Waals surface area (Å²) in [4.78, 5) is 6.90. The first kappa shape index (κ1) is 13.3. The summed E-state index contributed by atoms with van der Waals surface area (Å²) in [5.41, 5.74) is 11.3. The minimum absolute atomic E-state index is 0.0982. The number of fused-ring (bicyclic) bond motifs is 1. The highest BCUT2D eigenvalue weighted by Gasteiger charge is 2.32. The molecule has 0 saturated carbocycles. The van der Waals surface area contributed by atoms with Gasteiger partial charge in [-0.3, -0.25) is 9.88 Å². The first-order valence-corrected chi connectivity index (χ1v) is 7.11. The van der Waals surface area contributed by atoms with E-state index in [1.807, 2.05) is 13.0 Å². The van der Waals surface area contributed by atoms with Gasteiger partial charge in [0, 0.05) is 24.3 Å². The molecule has 3 heteroatoms. The molecule has 2 unspecified atom stereocenters. The summed E-state index contributed by atoms with van der Waals surface area (Å²) in [5, 5.41) is 0. The Balaban J connectivity index is 1.75. The largest absolute Gasteiger partial charge is 0.323 e. The van der Waals surface area contributed by atoms with Gasteiger partial charge in [-0.1, -0.05) is 30.3 Å². The zero-order valence-electron chi connectivity index (χ0n) is 12.1. The van der Waals surface area contributed by atoms with E-state index < -0.39 is 0 Å². The lowest BCUT2D eigenvalue weighted by Crippen LogP contribution is -2.38. The third-order valence-electron chi connectivity index (χ3n) is 4.18. The fourth-order valence-electron chi connectivity index (χ4n) is 3.10. The summed E-state index contributed by atoms with van der Waals surface area (Å²) in [7, 11) is 2.14. The molecule has 2 aromatic rings. The molecule has 104 valence electrons. The molecule has 2 atom stereocenters. The topological polar surface area (TPSA) is 42.1 Å². The van der Waals surface area contributed by atoms with Crippen molar-refractivity contribution in [2.45, 2.75) is 32.0 Å². The number of nitrogens with two attached hydrogens (primary N) is 1. The molecule has 0 radical (unpaired) electrons. The average Bonchev–Trinajstić information content (AvgIpc) is 2.77. The molecule has 1 heterocycles. The molecule has 1 aromatic carbocycles. The monoisotopic (exact) mass is 267 g/mol. The van der Waals surface area contributed by atoms with Crippen molar-refractivity contribution in [1.29, 1.82) is 0 Å². The Morgan fingerprint density at radius 3 is 2.75 bits per heavy atom. The highest BCUT2D eigenvalue weighted by molar-refractivity contribution is 5.36. The smallest absolute Gasteiger partial charge is 0.0547 e. The summed E-state index contributed by atoms with van der Waals surface area (Å²) in [5.74, 6) is 0. The van der Waals surface area contributed by atoms with Crippen LogP contribution in [0.4, 0.5) is 0 Å². The van der Waals surface area contributed by atoms with Crippen LogP contribution >= 0.6 is 0 Å². The van der Waals surface area contributed by atoms with Crippen molar-refractivity contribution in [3.8, 4) is 0 Å². The maximum atomic E-state index is 6.41. The van der Waals surface area contributed by atoms with E-state index in [0.717, 1.165) is 24.4 Å². The van der Waals surface area contributed by atoms with E-state index in [9.17, 15) is 0 Å². The molecule has 1 aliphatic rings. The minimum Gasteiger partial charge on any atom is -0.323 e. The van der Waals surface area contributed by atoms with Crippen LogP contribution in [0.25, 0.3) is 0 Å². The molecule has 0 fully saturated rings. The zero-order valence-corrected chi connectivity index (χ0v) is 12.1. The molecule has 0 spiro atoms. The number of nitrogens with zero attached hydrogens (tertiary/aromatic N) is 2. The van der Waals surface area contributed by atoms with Gasteiger partial charge in [0.25, 0.3) is 0 Å². The predicted molar refractivity (Wildman–Crippen MR) is 81.3 cm³/mol. The van der Waals surface area contributed by atoms with Crippen LogP contribution in [-0.2, 0) is 13.0 Å². The van der Waals surface area contributed by atoms with Crippen LogP contribution in [0.15, 0.2) is 42.5 Å². The minimum atomic E-state index is 0.0982. The number of likely N-dealkylation sites (N-methyl/N-ethyl adjacent to an activating group) is 1. The molecule has 0 bridgehead atoms. The van der Waals surface area contributed by atoms with Crippen molar-refractivity contribution in [1.82, 2.24) is 9.88 Å². The lowest BCUT2D eigenvalue weighted by atomic mass is 10.1. The second-order valence-electron chi connectivity index (χ2n) is 5.68. The lowest BCUT2D eigenvalue weighted by molar-refractivity contribution is 0.212. The number of aromatic nitrogens is 1. The molecular formula is C17H21N3. The van der Waals surface area contributed by atoms with Crippen LogP contribution in [0.2, 0.25) is 0 Å². The van der Waals surface area contributed by atoms with Gasteiger partial charge < -0.3 is 5.73 Å². The summed E-state index contributed by atoms with van der Waals surface area (Å²) in [6.07, 6.45) is 1.03. The van der Waals surface area contributed by atoms with E-state index in [2.05, 4.69) is 53.3 Å². The Hall–Kier alpha value is -1.71. The molecule has 0 aliphatic heterocycles. The van der Waals surface area contributed by atoms with E-state index in [4.69, 9.17) is 5.73 Å². The lowest BCUT2D eigenvalue weighted by Gasteiger charge is -2.27. The molecule has 0 amide bonds. The fourth-order valence-corrected chi connectivity index (χ4v) is 3.10. The fraction of sp³-hybridized carbons (Fsp3) is 0.353. The molecule has 0 saturated heterocycles. The van der Waals surface area contributed by atoms with Gasteiger partial charge in [0.2, 0.25) is 0 Å². The Bertz CT molecular complexity index is 609. The second-order valence-corrected chi connectivity index (χ2v) is 5.68. The Kier molecular flexibility index (Phi) is 3.55. The Morgan fingerprint density at radius 2 is 2.00 bits per heavy atom. The Morgan fingerprint density at radius 1 is 1.20 bits per heavy atom. The highest BCUT2D eigenvalue weighted by atomic mass is 15.2. The van der Waals surface area contributed by atoms with Gasteiger partial charge in [0.1, 0.15) is 0 Å². The number of hydrogen-bond acceptors (Lipinski definition) is 3. The van der Waals surface area contributed by atoms with Crippen molar-refractivity contribution in [2.75, 3.05) is 7.05 Å². The number of benzene rings is 1. The third-order valence-corrected chi connectivity index (χ3v) is 4.18. The Labute approximate surface area is 120 Å². The van der Waals surface area contributed by atoms with Gasteiger partial charge in [0.15, 0.2) is 0 Å². The number of rotatable bonds is 3. The van der Waals surface area contributed by atoms with E-state index in [1.165, 1.54) is 11.1 Å². The van der Waals surface area contributed by atoms with Crippen molar-refractivity contribution in [2.24, 2.45) is 5.73 Å². The normalized spacial score (nSPS) is 21.2. The van der Waals surface area contributed by atoms with E-state index in [0.29, 0.717) is 6.04 Å². The van der Waals surface area contributed by atoms with Gasteiger partial charge in [-0.25, -0.2) is 0 Å². The highest BCUT2D eigenvalue weighted by Crippen LogP contribution is 2.32. The van der Waals surface area contributed by atoms with Gasteiger partial charge >= 0.3 is 0 Å². The predicted octanol–water partition coefficient (Wildman–Crippen LogP) is 2.45. The maximum absolute atomic E-state index is 6.41. The van der Waals surface area contributed by atoms with Crippen molar-refractivity contribution in [3.63, 3.8) is 0 Å². The SMILES string of the molecule is Cc1cccc(CN(C)C2Cc3ccccc3C2N)n1. The van der Waals surface area contributed by atoms with E-state index >= 15 is 0 Å². The number of pyridine rings is 1. The van der Waals surface area contributed by atoms with Crippen molar-refractivity contribution in [3.05, 3.63) is 65.0 Å². The summed E-state index contributed by atoms with van der Waals surface area (Å²) >= 11 is 0. The van der Waals surface area contributed by atoms with Gasteiger partial charge in [-0.2, -0.15) is 0 Å². The molecule has 2 N–H and O–H groups in total. The standard InChI is InChI=1S/C17H21N3/c1-12-6-5-8-14(19-12)11-20(2)16-10-13-7-3-4-9-15(13)17(16)18/h3-9,16-17H,10-11,18H2,1-2H3. The van der Waals surface area contributed by atoms with Crippen molar-refractivity contribution >= 4 is 0 Å². The quantitative estimate of drug-likeness (QED) is 0.929. The first-order valence-electron chi connectivity index (χ1n) is 7.11. The third kappa shape index (κ3) is 2.47. The van der Waals surface area contributed by atoms with Crippen LogP contribution in [0, 0.1) is 6.92 Å². The zero-order chi connectivity index (χ0) is 14.1. The molecule has 20 heavy (non-hydrogen) atoms. The summed E-state index contributed by atoms with van der Waals surface area (Å²) < 4.78 is 0. The maximum Gasteiger partial charge on any atom is 0.0547 e. The van der Waals surface area contributed by atoms with Crippen LogP contribution in [0.1, 0.15) is 28.6 Å². The van der Waals surface area contributed by atoms with Crippen LogP contribution < -0.4 is 5.73 Å². The number of hydrogen-bond donors (Lipinski definition) is 1. The number of aryl methyl sites for hydroxylation is 1. The average molecular weight is 267 g/mol. The van der Waals surface area contributed by atoms with Gasteiger partial charge in [-0.15, -0.1) is 0 Å². The summed E-state index contributed by atoms with van der Waals surface area (Å²) in [6.45, 7) is 2.87. The summed E-state index contributed by atoms with van der Waals surface area (Å²) in [6, 6.07) is 15.1. The molecule has 3 rings (SSSR count). The van der Waals surface area contributed by atoms with E-state index in [-0.39, 0.29) is 6.04 Å². The van der Waals surface area contributed by atoms with Gasteiger partial charge in [0.05, 0.1) is 5.69 Å². The van der Waals surface area contributed by atoms with Crippen LogP contribution in [-0.4, -0.2) is 23.0 Å². The van der Waals surface area contributed by atoms with Gasteiger partial charge in [-0.05, 0) is 43.7 Å². The van der Waals surface area contributed by atoms with Crippen LogP contribution in [0.5, 0.6) is 0 Å². The molecule has 1 aromatic heterocycles. The molecular weight excluding hydrogens is 246 g/mol. The van der Waals surface area contributed by atoms with Crippen molar-refractivity contribution < 1.29 is 0 Å². The second kappa shape index (κ2) is 5.35. The molecule has 3 nitrogen and oxygen atoms in total. The van der Waals surface area contributed by atoms with E-state index in [1.54, 1.807) is 0 Å². The molecule has 1 aliphatic carbocycles. The van der Waals surface area contributed by atoms with Crippen LogP contribution in [0.3, 0.4) is 0 Å². The first-order chi connectivity index (χ1) is 9.65.